The number of nitro groups is 1. The van der Waals surface area contributed by atoms with Crippen molar-refractivity contribution in [3.63, 3.8) is 0 Å². The van der Waals surface area contributed by atoms with Gasteiger partial charge in [0.2, 0.25) is 0 Å². The van der Waals surface area contributed by atoms with Crippen molar-refractivity contribution in [1.29, 1.82) is 0 Å². The molecule has 0 atom stereocenters. The minimum atomic E-state index is -0.455. The monoisotopic (exact) mass is 348 g/mol. The van der Waals surface area contributed by atoms with Gasteiger partial charge in [-0.05, 0) is 40.5 Å². The molecule has 0 saturated heterocycles. The van der Waals surface area contributed by atoms with Gasteiger partial charge >= 0.3 is 0 Å². The van der Waals surface area contributed by atoms with Crippen LogP contribution in [-0.4, -0.2) is 10.8 Å². The molecule has 0 aliphatic rings. The molecule has 5 nitrogen and oxygen atoms in total. The van der Waals surface area contributed by atoms with E-state index in [4.69, 9.17) is 0 Å². The van der Waals surface area contributed by atoms with Crippen LogP contribution in [0, 0.1) is 17.0 Å². The van der Waals surface area contributed by atoms with E-state index in [2.05, 4.69) is 21.2 Å². The lowest BCUT2D eigenvalue weighted by molar-refractivity contribution is -0.385. The van der Waals surface area contributed by atoms with Crippen molar-refractivity contribution in [1.82, 2.24) is 5.32 Å². The van der Waals surface area contributed by atoms with E-state index in [0.717, 1.165) is 5.56 Å². The Labute approximate surface area is 130 Å². The zero-order valence-electron chi connectivity index (χ0n) is 11.3. The number of nitrogens with zero attached hydrogens (tertiary/aromatic N) is 1. The molecule has 21 heavy (non-hydrogen) atoms. The molecule has 1 N–H and O–H groups in total. The van der Waals surface area contributed by atoms with Gasteiger partial charge in [0.1, 0.15) is 0 Å². The number of carbonyl (C=O) groups is 1. The number of halogens is 1. The second-order valence-corrected chi connectivity index (χ2v) is 5.41. The zero-order valence-corrected chi connectivity index (χ0v) is 12.9. The summed E-state index contributed by atoms with van der Waals surface area (Å²) in [7, 11) is 0. The third-order valence-electron chi connectivity index (χ3n) is 3.00. The maximum atomic E-state index is 12.1. The summed E-state index contributed by atoms with van der Waals surface area (Å²) in [4.78, 5) is 22.6. The van der Waals surface area contributed by atoms with Crippen molar-refractivity contribution in [3.8, 4) is 0 Å². The quantitative estimate of drug-likeness (QED) is 0.677. The van der Waals surface area contributed by atoms with Gasteiger partial charge in [0, 0.05) is 22.6 Å². The maximum absolute atomic E-state index is 12.1. The maximum Gasteiger partial charge on any atom is 0.274 e. The van der Waals surface area contributed by atoms with Crippen LogP contribution in [0.4, 0.5) is 5.69 Å². The summed E-state index contributed by atoms with van der Waals surface area (Å²) >= 11 is 3.34. The summed E-state index contributed by atoms with van der Waals surface area (Å²) in [6, 6.07) is 11.8. The topological polar surface area (TPSA) is 72.2 Å². The van der Waals surface area contributed by atoms with E-state index in [0.29, 0.717) is 15.6 Å². The van der Waals surface area contributed by atoms with Crippen LogP contribution in [0.2, 0.25) is 0 Å². The minimum Gasteiger partial charge on any atom is -0.348 e. The van der Waals surface area contributed by atoms with Gasteiger partial charge in [-0.1, -0.05) is 24.3 Å². The molecule has 0 fully saturated rings. The van der Waals surface area contributed by atoms with Crippen LogP contribution in [-0.2, 0) is 6.54 Å². The van der Waals surface area contributed by atoms with E-state index in [-0.39, 0.29) is 18.1 Å². The first-order chi connectivity index (χ1) is 9.99. The molecule has 2 aromatic rings. The summed E-state index contributed by atoms with van der Waals surface area (Å²) in [5, 5.41) is 13.6. The largest absolute Gasteiger partial charge is 0.348 e. The van der Waals surface area contributed by atoms with Crippen LogP contribution in [0.25, 0.3) is 0 Å². The van der Waals surface area contributed by atoms with Crippen molar-refractivity contribution >= 4 is 27.5 Å². The van der Waals surface area contributed by atoms with Gasteiger partial charge in [-0.25, -0.2) is 0 Å². The van der Waals surface area contributed by atoms with E-state index >= 15 is 0 Å². The summed E-state index contributed by atoms with van der Waals surface area (Å²) in [6.07, 6.45) is 0. The molecule has 0 heterocycles. The van der Waals surface area contributed by atoms with Gasteiger partial charge in [-0.2, -0.15) is 0 Å². The first kappa shape index (κ1) is 15.2. The highest BCUT2D eigenvalue weighted by molar-refractivity contribution is 9.10. The van der Waals surface area contributed by atoms with E-state index in [1.807, 2.05) is 19.1 Å². The Morgan fingerprint density at radius 2 is 2.00 bits per heavy atom. The van der Waals surface area contributed by atoms with Gasteiger partial charge in [0.05, 0.1) is 10.5 Å². The number of para-hydroxylation sites is 1. The summed E-state index contributed by atoms with van der Waals surface area (Å²) in [5.41, 5.74) is 2.01. The average molecular weight is 349 g/mol. The predicted molar refractivity (Wildman–Crippen MR) is 83.1 cm³/mol. The van der Waals surface area contributed by atoms with Crippen LogP contribution >= 0.6 is 15.9 Å². The Morgan fingerprint density at radius 3 is 2.67 bits per heavy atom. The molecule has 0 radical (unpaired) electrons. The molecular weight excluding hydrogens is 336 g/mol. The number of amides is 1. The van der Waals surface area contributed by atoms with Crippen LogP contribution in [0.15, 0.2) is 46.9 Å². The molecule has 1 amide bonds. The Bertz CT molecular complexity index is 701. The molecule has 108 valence electrons. The molecule has 2 rings (SSSR count). The second kappa shape index (κ2) is 6.49. The lowest BCUT2D eigenvalue weighted by Gasteiger charge is -2.08. The lowest BCUT2D eigenvalue weighted by atomic mass is 10.1. The standard InChI is InChI=1S/C15H13BrN2O3/c1-10-6-7-12(13(16)8-10)15(19)17-9-11-4-2-3-5-14(11)18(20)21/h2-8H,9H2,1H3,(H,17,19). The smallest absolute Gasteiger partial charge is 0.274 e. The SMILES string of the molecule is Cc1ccc(C(=O)NCc2ccccc2[N+](=O)[O-])c(Br)c1. The number of nitrogens with one attached hydrogen (secondary N) is 1. The number of hydrogen-bond donors (Lipinski definition) is 1. The van der Waals surface area contributed by atoms with Crippen molar-refractivity contribution < 1.29 is 9.72 Å². The first-order valence-corrected chi connectivity index (χ1v) is 7.05. The van der Waals surface area contributed by atoms with E-state index < -0.39 is 4.92 Å². The number of carbonyl (C=O) groups excluding carboxylic acids is 1. The minimum absolute atomic E-state index is 0.000715. The Balaban J connectivity index is 2.13. The highest BCUT2D eigenvalue weighted by atomic mass is 79.9. The summed E-state index contributed by atoms with van der Waals surface area (Å²) < 4.78 is 0.697. The van der Waals surface area contributed by atoms with Crippen LogP contribution in [0.3, 0.4) is 0 Å². The molecule has 0 unspecified atom stereocenters. The molecule has 6 heteroatoms. The number of rotatable bonds is 4. The Hall–Kier alpha value is -2.21. The zero-order chi connectivity index (χ0) is 15.4. The Kier molecular flexibility index (Phi) is 4.70. The molecule has 0 aromatic heterocycles. The van der Waals surface area contributed by atoms with E-state index in [9.17, 15) is 14.9 Å². The van der Waals surface area contributed by atoms with Crippen molar-refractivity contribution in [2.24, 2.45) is 0 Å². The highest BCUT2D eigenvalue weighted by Crippen LogP contribution is 2.20. The first-order valence-electron chi connectivity index (χ1n) is 6.25. The lowest BCUT2D eigenvalue weighted by Crippen LogP contribution is -2.23. The predicted octanol–water partition coefficient (Wildman–Crippen LogP) is 3.60. The van der Waals surface area contributed by atoms with Crippen LogP contribution in [0.1, 0.15) is 21.5 Å². The number of aryl methyl sites for hydroxylation is 1. The molecule has 2 aromatic carbocycles. The van der Waals surface area contributed by atoms with Gasteiger partial charge < -0.3 is 5.32 Å². The summed E-state index contributed by atoms with van der Waals surface area (Å²) in [5.74, 6) is -0.278. The molecular formula is C15H13BrN2O3. The van der Waals surface area contributed by atoms with Crippen molar-refractivity contribution in [3.05, 3.63) is 73.7 Å². The molecule has 0 aliphatic heterocycles. The highest BCUT2D eigenvalue weighted by Gasteiger charge is 2.14. The Morgan fingerprint density at radius 1 is 1.29 bits per heavy atom. The van der Waals surface area contributed by atoms with Gasteiger partial charge in [-0.3, -0.25) is 14.9 Å². The fourth-order valence-electron chi connectivity index (χ4n) is 1.91. The molecule has 0 spiro atoms. The van der Waals surface area contributed by atoms with E-state index in [1.165, 1.54) is 6.07 Å². The number of hydrogen-bond acceptors (Lipinski definition) is 3. The van der Waals surface area contributed by atoms with Crippen molar-refractivity contribution in [2.45, 2.75) is 13.5 Å². The van der Waals surface area contributed by atoms with Gasteiger partial charge in [0.25, 0.3) is 11.6 Å². The van der Waals surface area contributed by atoms with Crippen LogP contribution in [0.5, 0.6) is 0 Å². The van der Waals surface area contributed by atoms with Crippen LogP contribution < -0.4 is 5.32 Å². The number of nitro benzene ring substituents is 1. The molecule has 0 saturated carbocycles. The van der Waals surface area contributed by atoms with Gasteiger partial charge in [-0.15, -0.1) is 0 Å². The molecule has 0 aliphatic carbocycles. The third-order valence-corrected chi connectivity index (χ3v) is 3.65. The molecule has 0 bridgehead atoms. The van der Waals surface area contributed by atoms with E-state index in [1.54, 1.807) is 24.3 Å². The van der Waals surface area contributed by atoms with Crippen molar-refractivity contribution in [2.75, 3.05) is 0 Å². The normalized spacial score (nSPS) is 10.2. The number of benzene rings is 2. The second-order valence-electron chi connectivity index (χ2n) is 4.55. The fraction of sp³-hybridized carbons (Fsp3) is 0.133. The fourth-order valence-corrected chi connectivity index (χ4v) is 2.59. The average Bonchev–Trinajstić information content (AvgIpc) is 2.45. The summed E-state index contributed by atoms with van der Waals surface area (Å²) in [6.45, 7) is 2.04. The third kappa shape index (κ3) is 3.66. The van der Waals surface area contributed by atoms with Gasteiger partial charge in [0.15, 0.2) is 0 Å².